The van der Waals surface area contributed by atoms with E-state index in [0.717, 1.165) is 22.5 Å². The van der Waals surface area contributed by atoms with Crippen LogP contribution in [0, 0.1) is 0 Å². The largest absolute Gasteiger partial charge is 0.472 e. The topological polar surface area (TPSA) is 82.2 Å². The molecule has 0 radical (unpaired) electrons. The molecule has 1 amide bonds. The van der Waals surface area contributed by atoms with Gasteiger partial charge >= 0.3 is 0 Å². The van der Waals surface area contributed by atoms with E-state index in [1.54, 1.807) is 12.5 Å². The van der Waals surface area contributed by atoms with Gasteiger partial charge in [0.15, 0.2) is 0 Å². The molecule has 3 aromatic rings. The van der Waals surface area contributed by atoms with Crippen molar-refractivity contribution in [2.75, 3.05) is 6.54 Å². The van der Waals surface area contributed by atoms with E-state index in [-0.39, 0.29) is 12.0 Å². The maximum Gasteiger partial charge on any atom is 0.224 e. The summed E-state index contributed by atoms with van der Waals surface area (Å²) in [5, 5.41) is 11.3. The van der Waals surface area contributed by atoms with Crippen LogP contribution in [0.5, 0.6) is 0 Å². The maximum atomic E-state index is 12.0. The van der Waals surface area contributed by atoms with Gasteiger partial charge in [-0.05, 0) is 11.6 Å². The smallest absolute Gasteiger partial charge is 0.224 e. The Morgan fingerprint density at radius 2 is 2.16 bits per heavy atom. The second kappa shape index (κ2) is 6.90. The van der Waals surface area contributed by atoms with Gasteiger partial charge in [0.05, 0.1) is 43.9 Å². The first-order valence-electron chi connectivity index (χ1n) is 8.17. The van der Waals surface area contributed by atoms with Crippen molar-refractivity contribution < 1.29 is 13.9 Å². The lowest BCUT2D eigenvalue weighted by atomic mass is 10.1. The number of carbonyl (C=O) groups excluding carboxylic acids is 1. The van der Waals surface area contributed by atoms with E-state index in [4.69, 9.17) is 9.15 Å². The molecule has 0 saturated carbocycles. The van der Waals surface area contributed by atoms with E-state index < -0.39 is 0 Å². The molecule has 0 aliphatic carbocycles. The van der Waals surface area contributed by atoms with Crippen molar-refractivity contribution in [3.8, 4) is 11.3 Å². The van der Waals surface area contributed by atoms with Crippen LogP contribution in [0.15, 0.2) is 53.3 Å². The summed E-state index contributed by atoms with van der Waals surface area (Å²) in [7, 11) is 0. The van der Waals surface area contributed by atoms with Gasteiger partial charge in [0.2, 0.25) is 5.91 Å². The maximum absolute atomic E-state index is 12.0. The van der Waals surface area contributed by atoms with Crippen molar-refractivity contribution >= 4 is 5.91 Å². The zero-order valence-electron chi connectivity index (χ0n) is 13.6. The third-order valence-electron chi connectivity index (χ3n) is 4.20. The average molecular weight is 338 g/mol. The molecular formula is C18H18N4O3. The zero-order valence-corrected chi connectivity index (χ0v) is 13.6. The number of amides is 1. The fourth-order valence-electron chi connectivity index (χ4n) is 2.88. The fourth-order valence-corrected chi connectivity index (χ4v) is 2.88. The summed E-state index contributed by atoms with van der Waals surface area (Å²) in [5.74, 6) is -0.0155. The number of nitrogens with zero attached hydrogens (tertiary/aromatic N) is 3. The second-order valence-electron chi connectivity index (χ2n) is 5.98. The van der Waals surface area contributed by atoms with Crippen LogP contribution >= 0.6 is 0 Å². The molecule has 1 N–H and O–H groups in total. The summed E-state index contributed by atoms with van der Waals surface area (Å²) in [6.45, 7) is 1.42. The molecule has 1 unspecified atom stereocenters. The molecule has 7 nitrogen and oxygen atoms in total. The van der Waals surface area contributed by atoms with Gasteiger partial charge < -0.3 is 14.5 Å². The van der Waals surface area contributed by atoms with E-state index in [1.807, 2.05) is 41.1 Å². The number of furan rings is 1. The van der Waals surface area contributed by atoms with E-state index in [2.05, 4.69) is 15.6 Å². The number of carbonyl (C=O) groups is 1. The number of benzene rings is 1. The summed E-state index contributed by atoms with van der Waals surface area (Å²) in [6, 6.07) is 11.5. The van der Waals surface area contributed by atoms with Crippen molar-refractivity contribution in [3.63, 3.8) is 0 Å². The lowest BCUT2D eigenvalue weighted by Gasteiger charge is -2.24. The van der Waals surface area contributed by atoms with Crippen LogP contribution in [0.4, 0.5) is 0 Å². The van der Waals surface area contributed by atoms with Gasteiger partial charge in [-0.3, -0.25) is 4.79 Å². The van der Waals surface area contributed by atoms with Crippen LogP contribution in [0.25, 0.3) is 11.3 Å². The molecule has 3 heterocycles. The quantitative estimate of drug-likeness (QED) is 0.767. The number of fused-ring (bicyclic) bond motifs is 1. The molecule has 1 aliphatic rings. The highest BCUT2D eigenvalue weighted by Crippen LogP contribution is 2.25. The Kier molecular flexibility index (Phi) is 4.30. The Bertz CT molecular complexity index is 843. The molecule has 0 saturated heterocycles. The standard InChI is InChI=1S/C18H18N4O3/c23-17(8-13-4-2-1-3-5-13)19-9-15-10-22-16(12-25-15)18(20-21-22)14-6-7-24-11-14/h1-7,11,15H,8-10,12H2,(H,19,23). The zero-order chi connectivity index (χ0) is 17.1. The SMILES string of the molecule is O=C(Cc1ccccc1)NCC1Cn2nnc(-c3ccoc3)c2CO1. The van der Waals surface area contributed by atoms with Gasteiger partial charge in [0, 0.05) is 12.1 Å². The minimum atomic E-state index is -0.119. The highest BCUT2D eigenvalue weighted by Gasteiger charge is 2.25. The predicted octanol–water partition coefficient (Wildman–Crippen LogP) is 1.80. The molecule has 0 spiro atoms. The van der Waals surface area contributed by atoms with E-state index >= 15 is 0 Å². The van der Waals surface area contributed by atoms with E-state index in [0.29, 0.717) is 26.1 Å². The van der Waals surface area contributed by atoms with Gasteiger partial charge in [0.25, 0.3) is 0 Å². The van der Waals surface area contributed by atoms with E-state index in [9.17, 15) is 4.79 Å². The molecule has 4 rings (SSSR count). The number of ether oxygens (including phenoxy) is 1. The summed E-state index contributed by atoms with van der Waals surface area (Å²) < 4.78 is 12.8. The highest BCUT2D eigenvalue weighted by atomic mass is 16.5. The van der Waals surface area contributed by atoms with Crippen molar-refractivity contribution in [3.05, 3.63) is 60.2 Å². The Hall–Kier alpha value is -2.93. The molecule has 2 aromatic heterocycles. The molecule has 1 aliphatic heterocycles. The van der Waals surface area contributed by atoms with E-state index in [1.165, 1.54) is 0 Å². The normalized spacial score (nSPS) is 16.4. The van der Waals surface area contributed by atoms with Crippen molar-refractivity contribution in [1.29, 1.82) is 0 Å². The van der Waals surface area contributed by atoms with Gasteiger partial charge in [0.1, 0.15) is 5.69 Å². The second-order valence-corrected chi connectivity index (χ2v) is 5.98. The Morgan fingerprint density at radius 1 is 1.28 bits per heavy atom. The minimum Gasteiger partial charge on any atom is -0.472 e. The van der Waals surface area contributed by atoms with Gasteiger partial charge in [-0.25, -0.2) is 4.68 Å². The Morgan fingerprint density at radius 3 is 2.96 bits per heavy atom. The number of aromatic nitrogens is 3. The summed E-state index contributed by atoms with van der Waals surface area (Å²) in [6.07, 6.45) is 3.50. The van der Waals surface area contributed by atoms with Crippen LogP contribution in [-0.2, 0) is 29.1 Å². The molecule has 25 heavy (non-hydrogen) atoms. The minimum absolute atomic E-state index is 0.0155. The van der Waals surface area contributed by atoms with Crippen LogP contribution in [-0.4, -0.2) is 33.5 Å². The van der Waals surface area contributed by atoms with Gasteiger partial charge in [-0.15, -0.1) is 5.10 Å². The van der Waals surface area contributed by atoms with Gasteiger partial charge in [-0.1, -0.05) is 35.5 Å². The lowest BCUT2D eigenvalue weighted by molar-refractivity contribution is -0.121. The summed E-state index contributed by atoms with van der Waals surface area (Å²) >= 11 is 0. The summed E-state index contributed by atoms with van der Waals surface area (Å²) in [4.78, 5) is 12.0. The van der Waals surface area contributed by atoms with Crippen LogP contribution in [0.3, 0.4) is 0 Å². The molecule has 0 fully saturated rings. The predicted molar refractivity (Wildman–Crippen MR) is 89.5 cm³/mol. The first-order valence-corrected chi connectivity index (χ1v) is 8.17. The highest BCUT2D eigenvalue weighted by molar-refractivity contribution is 5.78. The summed E-state index contributed by atoms with van der Waals surface area (Å²) in [5.41, 5.74) is 3.58. The van der Waals surface area contributed by atoms with Crippen LogP contribution in [0.1, 0.15) is 11.3 Å². The molecule has 1 aromatic carbocycles. The molecule has 7 heteroatoms. The first kappa shape index (κ1) is 15.6. The average Bonchev–Trinajstić information content (AvgIpc) is 3.29. The Balaban J connectivity index is 1.33. The number of hydrogen-bond donors (Lipinski definition) is 1. The molecular weight excluding hydrogens is 320 g/mol. The molecule has 0 bridgehead atoms. The monoisotopic (exact) mass is 338 g/mol. The van der Waals surface area contributed by atoms with Crippen molar-refractivity contribution in [2.45, 2.75) is 25.7 Å². The van der Waals surface area contributed by atoms with Gasteiger partial charge in [-0.2, -0.15) is 0 Å². The van der Waals surface area contributed by atoms with Crippen molar-refractivity contribution in [2.24, 2.45) is 0 Å². The van der Waals surface area contributed by atoms with Crippen molar-refractivity contribution in [1.82, 2.24) is 20.3 Å². The van der Waals surface area contributed by atoms with Crippen LogP contribution in [0.2, 0.25) is 0 Å². The Labute approximate surface area is 144 Å². The molecule has 128 valence electrons. The third-order valence-corrected chi connectivity index (χ3v) is 4.20. The number of rotatable bonds is 5. The van der Waals surface area contributed by atoms with Crippen LogP contribution < -0.4 is 5.32 Å². The fraction of sp³-hybridized carbons (Fsp3) is 0.278. The number of hydrogen-bond acceptors (Lipinski definition) is 5. The number of nitrogens with one attached hydrogen (secondary N) is 1. The molecule has 1 atom stereocenters. The first-order chi connectivity index (χ1) is 12.3. The lowest BCUT2D eigenvalue weighted by Crippen LogP contribution is -2.39. The third kappa shape index (κ3) is 3.46.